The highest BCUT2D eigenvalue weighted by Crippen LogP contribution is 2.38. The molecule has 0 amide bonds. The lowest BCUT2D eigenvalue weighted by Crippen LogP contribution is -2.43. The molecule has 0 spiro atoms. The monoisotopic (exact) mass is 425 g/mol. The number of aliphatic hydroxyl groups is 1. The van der Waals surface area contributed by atoms with Crippen LogP contribution in [0.25, 0.3) is 0 Å². The van der Waals surface area contributed by atoms with E-state index in [9.17, 15) is 10.2 Å². The molecule has 28 heavy (non-hydrogen) atoms. The standard InChI is InChI=1S/C21H28ClNO4S/c1-3-9-21(23,13-24)10-8-15-4-6-17(12-18(15)22)28-20-11-16(25)5-7-19(20)27-14-26-2/h4-7,11-12,24-25H,3,8-10,13-14,23H2,1-2H3/t21-/m0/s1. The number of aromatic hydroxyl groups is 1. The number of ether oxygens (including phenoxy) is 2. The molecule has 4 N–H and O–H groups in total. The maximum Gasteiger partial charge on any atom is 0.188 e. The molecule has 2 rings (SSSR count). The second-order valence-electron chi connectivity index (χ2n) is 6.81. The summed E-state index contributed by atoms with van der Waals surface area (Å²) in [7, 11) is 1.55. The van der Waals surface area contributed by atoms with E-state index in [1.807, 2.05) is 18.2 Å². The molecule has 2 aromatic carbocycles. The van der Waals surface area contributed by atoms with Crippen molar-refractivity contribution in [2.75, 3.05) is 20.5 Å². The normalized spacial score (nSPS) is 13.3. The van der Waals surface area contributed by atoms with Gasteiger partial charge in [0, 0.05) is 22.6 Å². The molecule has 5 nitrogen and oxygen atoms in total. The molecule has 0 saturated carbocycles. The van der Waals surface area contributed by atoms with Gasteiger partial charge in [-0.1, -0.05) is 42.8 Å². The summed E-state index contributed by atoms with van der Waals surface area (Å²) in [5.41, 5.74) is 6.69. The smallest absolute Gasteiger partial charge is 0.188 e. The first-order valence-electron chi connectivity index (χ1n) is 9.21. The van der Waals surface area contributed by atoms with Gasteiger partial charge in [-0.3, -0.25) is 0 Å². The highest BCUT2D eigenvalue weighted by Gasteiger charge is 2.23. The third-order valence-corrected chi connectivity index (χ3v) is 5.85. The Labute approximate surface area is 175 Å². The van der Waals surface area contributed by atoms with Gasteiger partial charge < -0.3 is 25.4 Å². The molecule has 1 atom stereocenters. The minimum absolute atomic E-state index is 0.0336. The van der Waals surface area contributed by atoms with E-state index in [2.05, 4.69) is 6.92 Å². The highest BCUT2D eigenvalue weighted by molar-refractivity contribution is 7.99. The number of benzene rings is 2. The minimum Gasteiger partial charge on any atom is -0.508 e. The van der Waals surface area contributed by atoms with Crippen LogP contribution < -0.4 is 10.5 Å². The largest absolute Gasteiger partial charge is 0.508 e. The summed E-state index contributed by atoms with van der Waals surface area (Å²) in [4.78, 5) is 1.70. The van der Waals surface area contributed by atoms with Crippen molar-refractivity contribution in [1.29, 1.82) is 0 Å². The Morgan fingerprint density at radius 2 is 1.96 bits per heavy atom. The first kappa shape index (κ1) is 22.8. The van der Waals surface area contributed by atoms with Crippen molar-refractivity contribution in [3.05, 3.63) is 47.0 Å². The van der Waals surface area contributed by atoms with E-state index in [1.54, 1.807) is 25.3 Å². The zero-order chi connectivity index (χ0) is 20.6. The van der Waals surface area contributed by atoms with Crippen LogP contribution in [0.2, 0.25) is 5.02 Å². The number of aryl methyl sites for hydroxylation is 1. The number of phenols is 1. The average Bonchev–Trinajstić information content (AvgIpc) is 2.67. The molecule has 0 radical (unpaired) electrons. The first-order chi connectivity index (χ1) is 13.4. The van der Waals surface area contributed by atoms with E-state index in [-0.39, 0.29) is 19.1 Å². The molecular weight excluding hydrogens is 398 g/mol. The molecule has 0 aliphatic carbocycles. The van der Waals surface area contributed by atoms with Gasteiger partial charge in [0.05, 0.1) is 11.5 Å². The summed E-state index contributed by atoms with van der Waals surface area (Å²) in [6, 6.07) is 10.8. The number of hydrogen-bond acceptors (Lipinski definition) is 6. The van der Waals surface area contributed by atoms with Crippen molar-refractivity contribution in [3.63, 3.8) is 0 Å². The molecular formula is C21H28ClNO4S. The van der Waals surface area contributed by atoms with Gasteiger partial charge in [0.15, 0.2) is 6.79 Å². The number of aliphatic hydroxyl groups excluding tert-OH is 1. The van der Waals surface area contributed by atoms with Crippen molar-refractivity contribution < 1.29 is 19.7 Å². The summed E-state index contributed by atoms with van der Waals surface area (Å²) in [6.07, 6.45) is 3.08. The number of phenolic OH excluding ortho intramolecular Hbond substituents is 1. The van der Waals surface area contributed by atoms with Crippen LogP contribution in [0, 0.1) is 0 Å². The quantitative estimate of drug-likeness (QED) is 0.456. The molecule has 0 fully saturated rings. The van der Waals surface area contributed by atoms with Crippen LogP contribution in [0.3, 0.4) is 0 Å². The van der Waals surface area contributed by atoms with Gasteiger partial charge in [-0.05, 0) is 55.2 Å². The van der Waals surface area contributed by atoms with E-state index >= 15 is 0 Å². The van der Waals surface area contributed by atoms with Crippen molar-refractivity contribution in [2.24, 2.45) is 5.73 Å². The lowest BCUT2D eigenvalue weighted by Gasteiger charge is -2.27. The highest BCUT2D eigenvalue weighted by atomic mass is 35.5. The second-order valence-corrected chi connectivity index (χ2v) is 8.33. The van der Waals surface area contributed by atoms with E-state index in [1.165, 1.54) is 11.8 Å². The van der Waals surface area contributed by atoms with Gasteiger partial charge in [0.1, 0.15) is 11.5 Å². The molecule has 0 heterocycles. The molecule has 0 aliphatic heterocycles. The molecule has 2 aromatic rings. The number of halogens is 1. The molecule has 0 saturated heterocycles. The molecule has 0 aromatic heterocycles. The van der Waals surface area contributed by atoms with E-state index in [0.717, 1.165) is 28.2 Å². The van der Waals surface area contributed by atoms with Crippen LogP contribution in [0.5, 0.6) is 11.5 Å². The van der Waals surface area contributed by atoms with Crippen LogP contribution in [-0.4, -0.2) is 36.3 Å². The number of nitrogens with two attached hydrogens (primary N) is 1. The Bertz CT molecular complexity index is 774. The topological polar surface area (TPSA) is 84.9 Å². The maximum absolute atomic E-state index is 9.79. The molecule has 7 heteroatoms. The summed E-state index contributed by atoms with van der Waals surface area (Å²) in [5, 5.41) is 20.0. The Morgan fingerprint density at radius 3 is 2.61 bits per heavy atom. The van der Waals surface area contributed by atoms with Gasteiger partial charge in [0.2, 0.25) is 0 Å². The molecule has 0 unspecified atom stereocenters. The summed E-state index contributed by atoms with van der Waals surface area (Å²) >= 11 is 7.93. The van der Waals surface area contributed by atoms with Crippen LogP contribution in [0.1, 0.15) is 31.7 Å². The van der Waals surface area contributed by atoms with E-state index < -0.39 is 5.54 Å². The predicted octanol–water partition coefficient (Wildman–Crippen LogP) is 4.60. The Kier molecular flexibility index (Phi) is 8.92. The predicted molar refractivity (Wildman–Crippen MR) is 113 cm³/mol. The Hall–Kier alpha value is -1.44. The van der Waals surface area contributed by atoms with Crippen LogP contribution in [-0.2, 0) is 11.2 Å². The van der Waals surface area contributed by atoms with Crippen LogP contribution in [0.4, 0.5) is 0 Å². The third kappa shape index (κ3) is 6.57. The summed E-state index contributed by atoms with van der Waals surface area (Å²) in [6.45, 7) is 2.15. The lowest BCUT2D eigenvalue weighted by molar-refractivity contribution is 0.0491. The van der Waals surface area contributed by atoms with Crippen LogP contribution in [0.15, 0.2) is 46.2 Å². The van der Waals surface area contributed by atoms with Gasteiger partial charge >= 0.3 is 0 Å². The number of methoxy groups -OCH3 is 1. The first-order valence-corrected chi connectivity index (χ1v) is 10.4. The third-order valence-electron chi connectivity index (χ3n) is 4.47. The van der Waals surface area contributed by atoms with E-state index in [4.69, 9.17) is 26.8 Å². The Balaban J connectivity index is 2.11. The minimum atomic E-state index is -0.569. The van der Waals surface area contributed by atoms with Crippen molar-refractivity contribution >= 4 is 23.4 Å². The fourth-order valence-corrected chi connectivity index (χ4v) is 4.22. The number of rotatable bonds is 11. The second kappa shape index (κ2) is 10.9. The van der Waals surface area contributed by atoms with Gasteiger partial charge in [-0.15, -0.1) is 0 Å². The van der Waals surface area contributed by atoms with Gasteiger partial charge in [-0.2, -0.15) is 0 Å². The lowest BCUT2D eigenvalue weighted by atomic mass is 9.89. The van der Waals surface area contributed by atoms with Crippen molar-refractivity contribution in [1.82, 2.24) is 0 Å². The average molecular weight is 426 g/mol. The zero-order valence-electron chi connectivity index (χ0n) is 16.3. The van der Waals surface area contributed by atoms with Crippen molar-refractivity contribution in [3.8, 4) is 11.5 Å². The Morgan fingerprint density at radius 1 is 1.18 bits per heavy atom. The summed E-state index contributed by atoms with van der Waals surface area (Å²) < 4.78 is 10.5. The van der Waals surface area contributed by atoms with Gasteiger partial charge in [0.25, 0.3) is 0 Å². The zero-order valence-corrected chi connectivity index (χ0v) is 17.9. The molecule has 154 valence electrons. The fraction of sp³-hybridized carbons (Fsp3) is 0.429. The SMILES string of the molecule is CCC[C@@](N)(CO)CCc1ccc(Sc2cc(O)ccc2OCOC)cc1Cl. The number of hydrogen-bond donors (Lipinski definition) is 3. The van der Waals surface area contributed by atoms with Gasteiger partial charge in [-0.25, -0.2) is 0 Å². The van der Waals surface area contributed by atoms with Crippen LogP contribution >= 0.6 is 23.4 Å². The molecule has 0 aliphatic rings. The summed E-state index contributed by atoms with van der Waals surface area (Å²) in [5.74, 6) is 0.787. The molecule has 0 bridgehead atoms. The van der Waals surface area contributed by atoms with Crippen molar-refractivity contribution in [2.45, 2.75) is 47.9 Å². The fourth-order valence-electron chi connectivity index (χ4n) is 2.90. The maximum atomic E-state index is 9.79. The van der Waals surface area contributed by atoms with E-state index in [0.29, 0.717) is 23.6 Å².